The first-order valence-electron chi connectivity index (χ1n) is 5.65. The molecule has 0 amide bonds. The maximum atomic E-state index is 12.5. The van der Waals surface area contributed by atoms with Gasteiger partial charge in [0.05, 0.1) is 5.56 Å². The van der Waals surface area contributed by atoms with E-state index in [0.717, 1.165) is 12.1 Å². The molecule has 0 N–H and O–H groups in total. The second-order valence-electron chi connectivity index (χ2n) is 4.58. The standard InChI is InChI=1S/C13H15F5/c1-3-12(2,8-11(14)15)9-4-6-10(7-5-9)13(16,17)18/h4-7,11H,3,8H2,1-2H3. The van der Waals surface area contributed by atoms with E-state index in [1.165, 1.54) is 12.1 Å². The highest BCUT2D eigenvalue weighted by Crippen LogP contribution is 2.36. The molecule has 0 aliphatic carbocycles. The third-order valence-electron chi connectivity index (χ3n) is 3.29. The third-order valence-corrected chi connectivity index (χ3v) is 3.29. The minimum Gasteiger partial charge on any atom is -0.211 e. The van der Waals surface area contributed by atoms with Gasteiger partial charge in [-0.25, -0.2) is 8.78 Å². The molecule has 102 valence electrons. The monoisotopic (exact) mass is 266 g/mol. The first kappa shape index (κ1) is 14.9. The Morgan fingerprint density at radius 2 is 1.44 bits per heavy atom. The molecule has 1 atom stereocenters. The van der Waals surface area contributed by atoms with Gasteiger partial charge in [-0.05, 0) is 29.5 Å². The molecule has 1 rings (SSSR count). The molecule has 0 aliphatic rings. The highest BCUT2D eigenvalue weighted by atomic mass is 19.4. The Bertz CT molecular complexity index is 379. The van der Waals surface area contributed by atoms with Gasteiger partial charge in [0, 0.05) is 6.42 Å². The van der Waals surface area contributed by atoms with Crippen molar-refractivity contribution in [1.29, 1.82) is 0 Å². The van der Waals surface area contributed by atoms with Crippen molar-refractivity contribution in [2.24, 2.45) is 0 Å². The number of halogens is 5. The van der Waals surface area contributed by atoms with Crippen molar-refractivity contribution in [1.82, 2.24) is 0 Å². The van der Waals surface area contributed by atoms with E-state index in [9.17, 15) is 22.0 Å². The van der Waals surface area contributed by atoms with Crippen molar-refractivity contribution in [3.05, 3.63) is 35.4 Å². The summed E-state index contributed by atoms with van der Waals surface area (Å²) < 4.78 is 62.1. The third kappa shape index (κ3) is 3.43. The van der Waals surface area contributed by atoms with E-state index >= 15 is 0 Å². The molecule has 1 aromatic carbocycles. The number of hydrogen-bond acceptors (Lipinski definition) is 0. The molecular formula is C13H15F5. The lowest BCUT2D eigenvalue weighted by atomic mass is 9.77. The van der Waals surface area contributed by atoms with E-state index in [2.05, 4.69) is 0 Å². The summed E-state index contributed by atoms with van der Waals surface area (Å²) in [6, 6.07) is 4.45. The molecule has 0 saturated heterocycles. The first-order chi connectivity index (χ1) is 8.19. The summed E-state index contributed by atoms with van der Waals surface area (Å²) in [6.07, 6.45) is -6.78. The van der Waals surface area contributed by atoms with Crippen LogP contribution in [0.2, 0.25) is 0 Å². The van der Waals surface area contributed by atoms with Gasteiger partial charge >= 0.3 is 6.18 Å². The van der Waals surface area contributed by atoms with Crippen LogP contribution in [0.3, 0.4) is 0 Å². The van der Waals surface area contributed by atoms with E-state index in [-0.39, 0.29) is 6.42 Å². The maximum Gasteiger partial charge on any atom is 0.416 e. The van der Waals surface area contributed by atoms with Crippen LogP contribution in [0.5, 0.6) is 0 Å². The van der Waals surface area contributed by atoms with E-state index in [0.29, 0.717) is 12.0 Å². The normalized spacial score (nSPS) is 15.8. The molecule has 0 heterocycles. The van der Waals surface area contributed by atoms with E-state index < -0.39 is 23.6 Å². The number of alkyl halides is 5. The predicted molar refractivity (Wildman–Crippen MR) is 59.7 cm³/mol. The van der Waals surface area contributed by atoms with Crippen LogP contribution >= 0.6 is 0 Å². The minimum absolute atomic E-state index is 0.352. The molecule has 5 heteroatoms. The molecule has 1 unspecified atom stereocenters. The van der Waals surface area contributed by atoms with Crippen LogP contribution in [0, 0.1) is 0 Å². The number of rotatable bonds is 4. The second-order valence-corrected chi connectivity index (χ2v) is 4.58. The van der Waals surface area contributed by atoms with Gasteiger partial charge in [-0.1, -0.05) is 26.0 Å². The maximum absolute atomic E-state index is 12.5. The number of benzene rings is 1. The largest absolute Gasteiger partial charge is 0.416 e. The van der Waals surface area contributed by atoms with Gasteiger partial charge in [0.2, 0.25) is 6.43 Å². The smallest absolute Gasteiger partial charge is 0.211 e. The van der Waals surface area contributed by atoms with Crippen LogP contribution in [-0.4, -0.2) is 6.43 Å². The van der Waals surface area contributed by atoms with Crippen LogP contribution in [-0.2, 0) is 11.6 Å². The van der Waals surface area contributed by atoms with Crippen LogP contribution in [0.4, 0.5) is 22.0 Å². The molecule has 0 aromatic heterocycles. The van der Waals surface area contributed by atoms with E-state index in [1.54, 1.807) is 13.8 Å². The van der Waals surface area contributed by atoms with Gasteiger partial charge < -0.3 is 0 Å². The average molecular weight is 266 g/mol. The summed E-state index contributed by atoms with van der Waals surface area (Å²) in [5.74, 6) is 0. The Morgan fingerprint density at radius 1 is 1.00 bits per heavy atom. The molecular weight excluding hydrogens is 251 g/mol. The minimum atomic E-state index is -4.40. The summed E-state index contributed by atoms with van der Waals surface area (Å²) in [4.78, 5) is 0. The van der Waals surface area contributed by atoms with Gasteiger partial charge in [0.15, 0.2) is 0 Å². The van der Waals surface area contributed by atoms with Crippen molar-refractivity contribution < 1.29 is 22.0 Å². The van der Waals surface area contributed by atoms with Crippen molar-refractivity contribution in [3.63, 3.8) is 0 Å². The highest BCUT2D eigenvalue weighted by Gasteiger charge is 2.32. The van der Waals surface area contributed by atoms with Gasteiger partial charge in [-0.15, -0.1) is 0 Å². The molecule has 0 bridgehead atoms. The van der Waals surface area contributed by atoms with Gasteiger partial charge in [0.25, 0.3) is 0 Å². The zero-order chi connectivity index (χ0) is 14.0. The van der Waals surface area contributed by atoms with Crippen molar-refractivity contribution >= 4 is 0 Å². The zero-order valence-electron chi connectivity index (χ0n) is 10.2. The molecule has 18 heavy (non-hydrogen) atoms. The van der Waals surface area contributed by atoms with Crippen LogP contribution in [0.1, 0.15) is 37.8 Å². The summed E-state index contributed by atoms with van der Waals surface area (Å²) in [6.45, 7) is 3.39. The van der Waals surface area contributed by atoms with Gasteiger partial charge in [-0.3, -0.25) is 0 Å². The van der Waals surface area contributed by atoms with Crippen LogP contribution in [0.15, 0.2) is 24.3 Å². The quantitative estimate of drug-likeness (QED) is 0.670. The average Bonchev–Trinajstić information content (AvgIpc) is 2.27. The summed E-state index contributed by atoms with van der Waals surface area (Å²) in [5, 5.41) is 0. The van der Waals surface area contributed by atoms with E-state index in [1.807, 2.05) is 0 Å². The van der Waals surface area contributed by atoms with Crippen LogP contribution < -0.4 is 0 Å². The molecule has 0 spiro atoms. The molecule has 0 fully saturated rings. The molecule has 0 aliphatic heterocycles. The molecule has 0 saturated carbocycles. The summed E-state index contributed by atoms with van der Waals surface area (Å²) in [7, 11) is 0. The topological polar surface area (TPSA) is 0 Å². The highest BCUT2D eigenvalue weighted by molar-refractivity contribution is 5.30. The molecule has 0 radical (unpaired) electrons. The lowest BCUT2D eigenvalue weighted by molar-refractivity contribution is -0.137. The van der Waals surface area contributed by atoms with Crippen molar-refractivity contribution in [2.75, 3.05) is 0 Å². The Kier molecular flexibility index (Phi) is 4.35. The number of hydrogen-bond donors (Lipinski definition) is 0. The zero-order valence-corrected chi connectivity index (χ0v) is 10.2. The van der Waals surface area contributed by atoms with E-state index in [4.69, 9.17) is 0 Å². The molecule has 1 aromatic rings. The SMILES string of the molecule is CCC(C)(CC(F)F)c1ccc(C(F)(F)F)cc1. The Hall–Kier alpha value is -1.13. The summed E-state index contributed by atoms with van der Waals surface area (Å²) >= 11 is 0. The lowest BCUT2D eigenvalue weighted by Gasteiger charge is -2.28. The lowest BCUT2D eigenvalue weighted by Crippen LogP contribution is -2.24. The first-order valence-corrected chi connectivity index (χ1v) is 5.65. The fourth-order valence-corrected chi connectivity index (χ4v) is 1.87. The predicted octanol–water partition coefficient (Wildman–Crippen LogP) is 5.03. The second kappa shape index (κ2) is 5.24. The van der Waals surface area contributed by atoms with Crippen molar-refractivity contribution in [2.45, 2.75) is 44.7 Å². The fourth-order valence-electron chi connectivity index (χ4n) is 1.87. The Labute approximate surface area is 103 Å². The van der Waals surface area contributed by atoms with Gasteiger partial charge in [0.1, 0.15) is 0 Å². The molecule has 0 nitrogen and oxygen atoms in total. The van der Waals surface area contributed by atoms with Crippen LogP contribution in [0.25, 0.3) is 0 Å². The fraction of sp³-hybridized carbons (Fsp3) is 0.538. The van der Waals surface area contributed by atoms with Gasteiger partial charge in [-0.2, -0.15) is 13.2 Å². The summed E-state index contributed by atoms with van der Waals surface area (Å²) in [5.41, 5.74) is -1.04. The Morgan fingerprint density at radius 3 is 1.78 bits per heavy atom. The Balaban J connectivity index is 3.02. The van der Waals surface area contributed by atoms with Crippen molar-refractivity contribution in [3.8, 4) is 0 Å².